The number of hydrogen-bond acceptors (Lipinski definition) is 6. The minimum atomic E-state index is 0.0798. The van der Waals surface area contributed by atoms with E-state index in [1.807, 2.05) is 36.4 Å². The second-order valence-electron chi connectivity index (χ2n) is 7.43. The Bertz CT molecular complexity index is 1610. The number of thiophene rings is 1. The summed E-state index contributed by atoms with van der Waals surface area (Å²) in [6.07, 6.45) is 4.98. The van der Waals surface area contributed by atoms with Crippen LogP contribution in [0.1, 0.15) is 16.6 Å². The number of rotatable bonds is 4. The van der Waals surface area contributed by atoms with Crippen molar-refractivity contribution in [3.8, 4) is 33.2 Å². The van der Waals surface area contributed by atoms with Crippen LogP contribution in [0.2, 0.25) is 0 Å². The first-order valence-electron chi connectivity index (χ1n) is 10.0. The fourth-order valence-electron chi connectivity index (χ4n) is 3.83. The normalized spacial score (nSPS) is 11.4. The second-order valence-corrected chi connectivity index (χ2v) is 8.51. The quantitative estimate of drug-likeness (QED) is 0.356. The molecule has 0 aliphatic carbocycles. The third kappa shape index (κ3) is 3.00. The topological polar surface area (TPSA) is 100 Å². The summed E-state index contributed by atoms with van der Waals surface area (Å²) in [5.74, 6) is 0.0798. The first-order valence-corrected chi connectivity index (χ1v) is 10.8. The fourth-order valence-corrected chi connectivity index (χ4v) is 4.77. The van der Waals surface area contributed by atoms with Gasteiger partial charge >= 0.3 is 0 Å². The van der Waals surface area contributed by atoms with Crippen LogP contribution in [0.15, 0.2) is 67.1 Å². The fraction of sp³-hybridized carbons (Fsp3) is 0.0417. The van der Waals surface area contributed by atoms with Gasteiger partial charge in [0, 0.05) is 33.7 Å². The Hall–Kier alpha value is -4.17. The number of nitrogens with zero attached hydrogens (tertiary/aromatic N) is 4. The van der Waals surface area contributed by atoms with Crippen LogP contribution in [0.5, 0.6) is 0 Å². The average molecular weight is 437 g/mol. The van der Waals surface area contributed by atoms with Crippen molar-refractivity contribution >= 4 is 39.1 Å². The molecule has 0 aliphatic rings. The monoisotopic (exact) mass is 436 g/mol. The first kappa shape index (κ1) is 18.6. The maximum absolute atomic E-state index is 11.7. The lowest BCUT2D eigenvalue weighted by atomic mass is 10.1. The highest BCUT2D eigenvalue weighted by molar-refractivity contribution is 7.17. The van der Waals surface area contributed by atoms with Crippen molar-refractivity contribution in [2.45, 2.75) is 6.92 Å². The van der Waals surface area contributed by atoms with Crippen LogP contribution in [0, 0.1) is 0 Å². The lowest BCUT2D eigenvalue weighted by Gasteiger charge is -1.99. The van der Waals surface area contributed by atoms with E-state index < -0.39 is 0 Å². The first-order chi connectivity index (χ1) is 15.7. The van der Waals surface area contributed by atoms with Gasteiger partial charge in [-0.15, -0.1) is 11.3 Å². The van der Waals surface area contributed by atoms with Crippen molar-refractivity contribution in [2.75, 3.05) is 0 Å². The number of aromatic nitrogens is 6. The van der Waals surface area contributed by atoms with Gasteiger partial charge in [0.1, 0.15) is 16.9 Å². The van der Waals surface area contributed by atoms with E-state index in [0.717, 1.165) is 54.3 Å². The number of pyridine rings is 1. The van der Waals surface area contributed by atoms with E-state index in [9.17, 15) is 4.79 Å². The molecular formula is C24H16N6OS. The molecule has 32 heavy (non-hydrogen) atoms. The molecule has 0 amide bonds. The predicted octanol–water partition coefficient (Wildman–Crippen LogP) is 5.49. The Kier molecular flexibility index (Phi) is 4.19. The van der Waals surface area contributed by atoms with Gasteiger partial charge in [-0.1, -0.05) is 12.1 Å². The number of nitrogens with one attached hydrogen (secondary N) is 2. The van der Waals surface area contributed by atoms with Gasteiger partial charge < -0.3 is 4.98 Å². The molecule has 6 rings (SSSR count). The van der Waals surface area contributed by atoms with Gasteiger partial charge in [0.25, 0.3) is 0 Å². The van der Waals surface area contributed by atoms with Gasteiger partial charge in [-0.3, -0.25) is 19.9 Å². The Morgan fingerprint density at radius 2 is 1.94 bits per heavy atom. The number of hydrogen-bond donors (Lipinski definition) is 2. The number of H-pyrrole nitrogens is 2. The Morgan fingerprint density at radius 3 is 2.75 bits per heavy atom. The van der Waals surface area contributed by atoms with E-state index in [2.05, 4.69) is 37.3 Å². The second kappa shape index (κ2) is 7.21. The lowest BCUT2D eigenvalue weighted by molar-refractivity contribution is 0.102. The summed E-state index contributed by atoms with van der Waals surface area (Å²) >= 11 is 1.51. The summed E-state index contributed by atoms with van der Waals surface area (Å²) in [5, 5.41) is 8.67. The minimum absolute atomic E-state index is 0.0798. The number of carbonyl (C=O) groups is 1. The minimum Gasteiger partial charge on any atom is -0.353 e. The predicted molar refractivity (Wildman–Crippen MR) is 126 cm³/mol. The van der Waals surface area contributed by atoms with E-state index in [0.29, 0.717) is 5.69 Å². The van der Waals surface area contributed by atoms with Gasteiger partial charge in [0.05, 0.1) is 28.0 Å². The molecule has 8 heteroatoms. The molecule has 0 fully saturated rings. The zero-order valence-electron chi connectivity index (χ0n) is 17.0. The molecule has 7 nitrogen and oxygen atoms in total. The molecule has 0 atom stereocenters. The van der Waals surface area contributed by atoms with Crippen molar-refractivity contribution < 1.29 is 4.79 Å². The van der Waals surface area contributed by atoms with Gasteiger partial charge in [-0.2, -0.15) is 5.10 Å². The SMILES string of the molecule is CC(=O)c1ccc(-c2cccc3[nH]c(-c4n[nH]c5ccc(-c6cnccn6)nc45)cc23)s1. The maximum Gasteiger partial charge on any atom is 0.169 e. The lowest BCUT2D eigenvalue weighted by Crippen LogP contribution is -1.89. The third-order valence-electron chi connectivity index (χ3n) is 5.37. The Morgan fingerprint density at radius 1 is 1.00 bits per heavy atom. The van der Waals surface area contributed by atoms with Crippen LogP contribution in [0.25, 0.3) is 55.2 Å². The molecule has 0 unspecified atom stereocenters. The smallest absolute Gasteiger partial charge is 0.169 e. The van der Waals surface area contributed by atoms with Crippen molar-refractivity contribution in [1.82, 2.24) is 30.1 Å². The van der Waals surface area contributed by atoms with Gasteiger partial charge in [0.15, 0.2) is 5.78 Å². The summed E-state index contributed by atoms with van der Waals surface area (Å²) in [5.41, 5.74) is 6.73. The number of fused-ring (bicyclic) bond motifs is 2. The Labute approximate surface area is 186 Å². The summed E-state index contributed by atoms with van der Waals surface area (Å²) < 4.78 is 0. The molecule has 154 valence electrons. The molecule has 0 spiro atoms. The highest BCUT2D eigenvalue weighted by Gasteiger charge is 2.16. The van der Waals surface area contributed by atoms with Crippen LogP contribution < -0.4 is 0 Å². The summed E-state index contributed by atoms with van der Waals surface area (Å²) in [7, 11) is 0. The number of benzene rings is 1. The maximum atomic E-state index is 11.7. The van der Waals surface area contributed by atoms with Crippen LogP contribution >= 0.6 is 11.3 Å². The average Bonchev–Trinajstić information content (AvgIpc) is 3.56. The highest BCUT2D eigenvalue weighted by atomic mass is 32.1. The van der Waals surface area contributed by atoms with Crippen LogP contribution in [0.4, 0.5) is 0 Å². The van der Waals surface area contributed by atoms with Crippen molar-refractivity contribution in [2.24, 2.45) is 0 Å². The van der Waals surface area contributed by atoms with Crippen LogP contribution in [-0.2, 0) is 0 Å². The van der Waals surface area contributed by atoms with Crippen molar-refractivity contribution in [1.29, 1.82) is 0 Å². The molecule has 0 radical (unpaired) electrons. The van der Waals surface area contributed by atoms with E-state index >= 15 is 0 Å². The van der Waals surface area contributed by atoms with Gasteiger partial charge in [-0.05, 0) is 43.3 Å². The summed E-state index contributed by atoms with van der Waals surface area (Å²) in [6, 6.07) is 15.9. The zero-order valence-corrected chi connectivity index (χ0v) is 17.8. The number of carbonyl (C=O) groups excluding carboxylic acids is 1. The van der Waals surface area contributed by atoms with Gasteiger partial charge in [0.2, 0.25) is 0 Å². The zero-order chi connectivity index (χ0) is 21.7. The summed E-state index contributed by atoms with van der Waals surface area (Å²) in [6.45, 7) is 1.59. The molecule has 0 saturated heterocycles. The largest absolute Gasteiger partial charge is 0.353 e. The molecule has 5 aromatic heterocycles. The van der Waals surface area contributed by atoms with E-state index in [-0.39, 0.29) is 5.78 Å². The van der Waals surface area contributed by atoms with E-state index in [1.165, 1.54) is 11.3 Å². The summed E-state index contributed by atoms with van der Waals surface area (Å²) in [4.78, 5) is 30.3. The van der Waals surface area contributed by atoms with Gasteiger partial charge in [-0.25, -0.2) is 4.98 Å². The van der Waals surface area contributed by atoms with Crippen molar-refractivity contribution in [3.63, 3.8) is 0 Å². The number of aromatic amines is 2. The van der Waals surface area contributed by atoms with Crippen LogP contribution in [-0.4, -0.2) is 35.9 Å². The molecule has 2 N–H and O–H groups in total. The number of ketones is 1. The van der Waals surface area contributed by atoms with Crippen molar-refractivity contribution in [3.05, 3.63) is 72.0 Å². The molecule has 6 aromatic rings. The molecular weight excluding hydrogens is 420 g/mol. The molecule has 0 aliphatic heterocycles. The highest BCUT2D eigenvalue weighted by Crippen LogP contribution is 2.36. The molecule has 0 saturated carbocycles. The molecule has 1 aromatic carbocycles. The third-order valence-corrected chi connectivity index (χ3v) is 6.59. The Balaban J connectivity index is 1.49. The van der Waals surface area contributed by atoms with E-state index in [4.69, 9.17) is 4.98 Å². The standard InChI is InChI=1S/C24H16N6OS/c1-13(31)21-7-8-22(32-21)14-3-2-4-16-15(14)11-19(27-16)24-23-18(29-30-24)6-5-17(28-23)20-12-25-9-10-26-20/h2-12,27H,1H3,(H,29,30). The van der Waals surface area contributed by atoms with E-state index in [1.54, 1.807) is 25.5 Å². The molecule has 0 bridgehead atoms. The van der Waals surface area contributed by atoms with Crippen LogP contribution in [0.3, 0.4) is 0 Å². The number of Topliss-reactive ketones (excluding diaryl/α,β-unsaturated/α-hetero) is 1. The molecule has 5 heterocycles.